The van der Waals surface area contributed by atoms with Gasteiger partial charge in [-0.3, -0.25) is 4.90 Å². The van der Waals surface area contributed by atoms with Crippen LogP contribution in [0.3, 0.4) is 0 Å². The number of likely N-dealkylation sites (N-methyl/N-ethyl adjacent to an activating group) is 1. The Bertz CT molecular complexity index is 731. The van der Waals surface area contributed by atoms with Crippen molar-refractivity contribution in [1.29, 1.82) is 0 Å². The molecule has 1 atom stereocenters. The van der Waals surface area contributed by atoms with Crippen molar-refractivity contribution in [2.24, 2.45) is 0 Å². The highest BCUT2D eigenvalue weighted by Crippen LogP contribution is 2.42. The van der Waals surface area contributed by atoms with Crippen molar-refractivity contribution in [2.75, 3.05) is 21.2 Å². The summed E-state index contributed by atoms with van der Waals surface area (Å²) in [5.41, 5.74) is 4.58. The van der Waals surface area contributed by atoms with Crippen LogP contribution in [0.25, 0.3) is 6.08 Å². The maximum Gasteiger partial charge on any atom is 0.169 e. The Balaban J connectivity index is 2.01. The van der Waals surface area contributed by atoms with Crippen LogP contribution in [0.4, 0.5) is 0 Å². The van der Waals surface area contributed by atoms with Gasteiger partial charge in [0.1, 0.15) is 0 Å². The second kappa shape index (κ2) is 7.16. The van der Waals surface area contributed by atoms with E-state index in [4.69, 9.17) is 4.74 Å². The lowest BCUT2D eigenvalue weighted by Crippen LogP contribution is -2.44. The Kier molecular flexibility index (Phi) is 4.98. The molecule has 0 saturated carbocycles. The van der Waals surface area contributed by atoms with E-state index >= 15 is 0 Å². The van der Waals surface area contributed by atoms with Gasteiger partial charge in [-0.05, 0) is 43.6 Å². The number of ether oxygens (including phenoxy) is 1. The third kappa shape index (κ3) is 3.08. The Morgan fingerprint density at radius 1 is 0.917 bits per heavy atom. The molecule has 0 saturated heterocycles. The Hall–Kier alpha value is -2.16. The van der Waals surface area contributed by atoms with Crippen LogP contribution in [0.1, 0.15) is 24.0 Å². The molecule has 0 radical (unpaired) electrons. The first kappa shape index (κ1) is 16.7. The van der Waals surface area contributed by atoms with Gasteiger partial charge in [-0.25, -0.2) is 0 Å². The SMILES string of the molecule is COC(C1=CC(=Cc2ccccc2)CC1)(c1ccccc1)N(C)C. The van der Waals surface area contributed by atoms with Gasteiger partial charge in [-0.15, -0.1) is 0 Å². The lowest BCUT2D eigenvalue weighted by molar-refractivity contribution is -0.0918. The molecule has 0 heterocycles. The molecular weight excluding hydrogens is 294 g/mol. The second-order valence-corrected chi connectivity index (χ2v) is 6.41. The summed E-state index contributed by atoms with van der Waals surface area (Å²) in [6.07, 6.45) is 6.65. The van der Waals surface area contributed by atoms with E-state index in [2.05, 4.69) is 85.7 Å². The Labute approximate surface area is 145 Å². The minimum Gasteiger partial charge on any atom is -0.355 e. The first-order valence-corrected chi connectivity index (χ1v) is 8.41. The fourth-order valence-corrected chi connectivity index (χ4v) is 3.62. The second-order valence-electron chi connectivity index (χ2n) is 6.41. The van der Waals surface area contributed by atoms with Crippen LogP contribution in [0.2, 0.25) is 0 Å². The normalized spacial score (nSPS) is 18.7. The predicted octanol–water partition coefficient (Wildman–Crippen LogP) is 4.85. The summed E-state index contributed by atoms with van der Waals surface area (Å²) in [4.78, 5) is 2.17. The lowest BCUT2D eigenvalue weighted by Gasteiger charge is -2.40. The average Bonchev–Trinajstić information content (AvgIpc) is 3.06. The van der Waals surface area contributed by atoms with Crippen molar-refractivity contribution in [3.05, 3.63) is 89.0 Å². The molecule has 1 unspecified atom stereocenters. The highest BCUT2D eigenvalue weighted by Gasteiger charge is 2.40. The van der Waals surface area contributed by atoms with Gasteiger partial charge in [0, 0.05) is 12.7 Å². The largest absolute Gasteiger partial charge is 0.355 e. The quantitative estimate of drug-likeness (QED) is 0.730. The Morgan fingerprint density at radius 3 is 2.12 bits per heavy atom. The van der Waals surface area contributed by atoms with Crippen LogP contribution < -0.4 is 0 Å². The summed E-state index contributed by atoms with van der Waals surface area (Å²) in [5.74, 6) is 0. The monoisotopic (exact) mass is 319 g/mol. The van der Waals surface area contributed by atoms with Crippen LogP contribution in [0.15, 0.2) is 77.9 Å². The van der Waals surface area contributed by atoms with E-state index in [1.165, 1.54) is 22.3 Å². The van der Waals surface area contributed by atoms with E-state index in [-0.39, 0.29) is 0 Å². The van der Waals surface area contributed by atoms with Gasteiger partial charge in [-0.2, -0.15) is 0 Å². The molecule has 0 N–H and O–H groups in total. The molecule has 0 aromatic heterocycles. The molecule has 2 aromatic carbocycles. The van der Waals surface area contributed by atoms with Crippen molar-refractivity contribution in [2.45, 2.75) is 18.6 Å². The zero-order valence-electron chi connectivity index (χ0n) is 14.7. The molecule has 0 bridgehead atoms. The van der Waals surface area contributed by atoms with Crippen LogP contribution >= 0.6 is 0 Å². The highest BCUT2D eigenvalue weighted by molar-refractivity contribution is 5.58. The summed E-state index contributed by atoms with van der Waals surface area (Å²) in [7, 11) is 5.96. The minimum atomic E-state index is -0.506. The Morgan fingerprint density at radius 2 is 1.54 bits per heavy atom. The third-order valence-corrected chi connectivity index (χ3v) is 4.72. The van der Waals surface area contributed by atoms with Crippen LogP contribution in [0.5, 0.6) is 0 Å². The van der Waals surface area contributed by atoms with Crippen LogP contribution in [-0.4, -0.2) is 26.1 Å². The van der Waals surface area contributed by atoms with Gasteiger partial charge in [0.2, 0.25) is 0 Å². The molecular formula is C22H25NO. The van der Waals surface area contributed by atoms with Gasteiger partial charge < -0.3 is 4.74 Å². The lowest BCUT2D eigenvalue weighted by atomic mass is 9.92. The molecule has 0 amide bonds. The van der Waals surface area contributed by atoms with Gasteiger partial charge in [-0.1, -0.05) is 72.8 Å². The maximum absolute atomic E-state index is 6.10. The standard InChI is InChI=1S/C22H25NO/c1-23(2)22(24-3,20-12-8-5-9-13-20)21-15-14-19(17-21)16-18-10-6-4-7-11-18/h4-13,16-17H,14-15H2,1-3H3. The average molecular weight is 319 g/mol. The van der Waals surface area contributed by atoms with Gasteiger partial charge in [0.25, 0.3) is 0 Å². The third-order valence-electron chi connectivity index (χ3n) is 4.72. The van der Waals surface area contributed by atoms with E-state index in [1.807, 2.05) is 6.07 Å². The van der Waals surface area contributed by atoms with E-state index in [0.717, 1.165) is 12.8 Å². The smallest absolute Gasteiger partial charge is 0.169 e. The number of methoxy groups -OCH3 is 1. The summed E-state index contributed by atoms with van der Waals surface area (Å²) in [5, 5.41) is 0. The van der Waals surface area contributed by atoms with Gasteiger partial charge in [0.05, 0.1) is 0 Å². The van der Waals surface area contributed by atoms with Crippen molar-refractivity contribution in [1.82, 2.24) is 4.90 Å². The zero-order valence-corrected chi connectivity index (χ0v) is 14.7. The molecule has 2 heteroatoms. The first-order valence-electron chi connectivity index (χ1n) is 8.41. The van der Waals surface area contributed by atoms with Gasteiger partial charge >= 0.3 is 0 Å². The van der Waals surface area contributed by atoms with Crippen LogP contribution in [0, 0.1) is 0 Å². The van der Waals surface area contributed by atoms with E-state index in [9.17, 15) is 0 Å². The minimum absolute atomic E-state index is 0.506. The molecule has 1 aliphatic carbocycles. The molecule has 124 valence electrons. The fraction of sp³-hybridized carbons (Fsp3) is 0.273. The summed E-state index contributed by atoms with van der Waals surface area (Å²) >= 11 is 0. The molecule has 2 nitrogen and oxygen atoms in total. The highest BCUT2D eigenvalue weighted by atomic mass is 16.5. The number of nitrogens with zero attached hydrogens (tertiary/aromatic N) is 1. The van der Waals surface area contributed by atoms with E-state index in [0.29, 0.717) is 0 Å². The number of allylic oxidation sites excluding steroid dienone is 2. The molecule has 2 aromatic rings. The predicted molar refractivity (Wildman–Crippen MR) is 101 cm³/mol. The fourth-order valence-electron chi connectivity index (χ4n) is 3.62. The van der Waals surface area contributed by atoms with Crippen LogP contribution in [-0.2, 0) is 10.5 Å². The number of benzene rings is 2. The molecule has 0 aliphatic heterocycles. The number of rotatable bonds is 5. The first-order chi connectivity index (χ1) is 11.7. The molecule has 0 fully saturated rings. The van der Waals surface area contributed by atoms with Crippen molar-refractivity contribution in [3.8, 4) is 0 Å². The maximum atomic E-state index is 6.10. The van der Waals surface area contributed by atoms with Gasteiger partial charge in [0.15, 0.2) is 5.72 Å². The molecule has 24 heavy (non-hydrogen) atoms. The zero-order chi connectivity index (χ0) is 17.0. The summed E-state index contributed by atoms with van der Waals surface area (Å²) in [6.45, 7) is 0. The number of hydrogen-bond donors (Lipinski definition) is 0. The topological polar surface area (TPSA) is 12.5 Å². The molecule has 1 aliphatic rings. The summed E-state index contributed by atoms with van der Waals surface area (Å²) in [6, 6.07) is 21.0. The molecule has 3 rings (SSSR count). The van der Waals surface area contributed by atoms with Crippen molar-refractivity contribution in [3.63, 3.8) is 0 Å². The summed E-state index contributed by atoms with van der Waals surface area (Å²) < 4.78 is 6.10. The van der Waals surface area contributed by atoms with E-state index < -0.39 is 5.72 Å². The number of hydrogen-bond acceptors (Lipinski definition) is 2. The van der Waals surface area contributed by atoms with E-state index in [1.54, 1.807) is 7.11 Å². The molecule has 0 spiro atoms. The van der Waals surface area contributed by atoms with Crippen molar-refractivity contribution < 1.29 is 4.74 Å². The van der Waals surface area contributed by atoms with Crippen molar-refractivity contribution >= 4 is 6.08 Å².